The molecule has 158 valence electrons. The summed E-state index contributed by atoms with van der Waals surface area (Å²) in [5, 5.41) is 5.08. The van der Waals surface area contributed by atoms with Crippen LogP contribution in [0.15, 0.2) is 60.6 Å². The molecule has 0 saturated heterocycles. The number of fused-ring (bicyclic) bond motifs is 1. The lowest BCUT2D eigenvalue weighted by atomic mass is 9.93. The van der Waals surface area contributed by atoms with E-state index in [4.69, 9.17) is 1.37 Å². The van der Waals surface area contributed by atoms with Crippen molar-refractivity contribution in [2.45, 2.75) is 47.7 Å². The van der Waals surface area contributed by atoms with Gasteiger partial charge in [-0.05, 0) is 56.3 Å². The number of rotatable bonds is 3. The smallest absolute Gasteiger partial charge is 0.198 e. The van der Waals surface area contributed by atoms with Gasteiger partial charge in [-0.3, -0.25) is 0 Å². The summed E-state index contributed by atoms with van der Waals surface area (Å²) in [6, 6.07) is 20.7. The Morgan fingerprint density at radius 1 is 0.839 bits per heavy atom. The molecule has 4 aromatic rings. The molecule has 0 amide bonds. The van der Waals surface area contributed by atoms with Crippen molar-refractivity contribution in [1.82, 2.24) is 0 Å². The lowest BCUT2D eigenvalue weighted by Crippen LogP contribution is -2.53. The molecule has 2 heteroatoms. The highest BCUT2D eigenvalue weighted by Crippen LogP contribution is 2.31. The normalized spacial score (nSPS) is 12.3. The fourth-order valence-corrected chi connectivity index (χ4v) is 7.83. The molecule has 0 bridgehead atoms. The number of aryl methyl sites for hydroxylation is 3. The van der Waals surface area contributed by atoms with Crippen LogP contribution < -0.4 is 14.9 Å². The van der Waals surface area contributed by atoms with Gasteiger partial charge in [0.2, 0.25) is 5.69 Å². The topological polar surface area (TPSA) is 3.88 Å². The Kier molecular flexibility index (Phi) is 5.06. The minimum absolute atomic E-state index is 0.632. The first-order valence-electron chi connectivity index (χ1n) is 11.6. The maximum atomic E-state index is 9.00. The molecule has 1 aromatic heterocycles. The summed E-state index contributed by atoms with van der Waals surface area (Å²) in [5.41, 5.74) is 8.70. The van der Waals surface area contributed by atoms with Gasteiger partial charge in [0, 0.05) is 13.0 Å². The van der Waals surface area contributed by atoms with E-state index in [1.165, 1.54) is 49.3 Å². The van der Waals surface area contributed by atoms with Crippen molar-refractivity contribution < 1.29 is 5.94 Å². The monoisotopic (exact) mass is 425 g/mol. The number of aromatic nitrogens is 1. The zero-order valence-corrected chi connectivity index (χ0v) is 21.1. The van der Waals surface area contributed by atoms with Crippen LogP contribution in [0.4, 0.5) is 0 Å². The highest BCUT2D eigenvalue weighted by Gasteiger charge is 2.29. The Morgan fingerprint density at radius 3 is 2.19 bits per heavy atom. The molecule has 31 heavy (non-hydrogen) atoms. The quantitative estimate of drug-likeness (QED) is 0.293. The van der Waals surface area contributed by atoms with Gasteiger partial charge in [0.1, 0.15) is 15.1 Å². The Morgan fingerprint density at radius 2 is 1.52 bits per heavy atom. The summed E-state index contributed by atoms with van der Waals surface area (Å²) in [5.74, 6) is 0. The molecular weight excluding hydrogens is 390 g/mol. The molecule has 0 aliphatic carbocycles. The SMILES string of the molecule is [2H]c1c(C)[n+](C)c(-c2cc(C)cc(C)c2C)c2cc(C)c([Si](C)(C)c3ccccc3)cc12. The Hall–Kier alpha value is -2.71. The molecule has 4 rings (SSSR count). The van der Waals surface area contributed by atoms with Gasteiger partial charge >= 0.3 is 0 Å². The van der Waals surface area contributed by atoms with Gasteiger partial charge in [-0.15, -0.1) is 0 Å². The second-order valence-electron chi connectivity index (χ2n) is 9.58. The molecule has 0 spiro atoms. The lowest BCUT2D eigenvalue weighted by Gasteiger charge is -2.26. The van der Waals surface area contributed by atoms with Crippen LogP contribution in [0.2, 0.25) is 13.1 Å². The molecule has 0 unspecified atom stereocenters. The molecular formula is C29H34NSi+. The molecule has 0 radical (unpaired) electrons. The van der Waals surface area contributed by atoms with Gasteiger partial charge in [-0.25, -0.2) is 0 Å². The summed E-state index contributed by atoms with van der Waals surface area (Å²) < 4.78 is 11.2. The Balaban J connectivity index is 2.09. The fraction of sp³-hybridized carbons (Fsp3) is 0.276. The van der Waals surface area contributed by atoms with Crippen molar-refractivity contribution in [1.29, 1.82) is 0 Å². The van der Waals surface area contributed by atoms with Crippen LogP contribution in [0.5, 0.6) is 0 Å². The summed E-state index contributed by atoms with van der Waals surface area (Å²) in [6.07, 6.45) is 0. The van der Waals surface area contributed by atoms with Crippen LogP contribution in [-0.4, -0.2) is 8.07 Å². The molecule has 1 heterocycles. The van der Waals surface area contributed by atoms with Crippen molar-refractivity contribution >= 4 is 29.2 Å². The fourth-order valence-electron chi connectivity index (χ4n) is 4.93. The first-order valence-corrected chi connectivity index (χ1v) is 14.1. The first-order chi connectivity index (χ1) is 15.0. The van der Waals surface area contributed by atoms with Crippen LogP contribution >= 0.6 is 0 Å². The van der Waals surface area contributed by atoms with E-state index in [0.717, 1.165) is 11.1 Å². The number of hydrogen-bond donors (Lipinski definition) is 0. The first kappa shape index (κ1) is 20.2. The molecule has 0 N–H and O–H groups in total. The second-order valence-corrected chi connectivity index (χ2v) is 13.9. The summed E-state index contributed by atoms with van der Waals surface area (Å²) in [4.78, 5) is 0. The number of pyridine rings is 1. The van der Waals surface area contributed by atoms with Gasteiger partial charge in [0.25, 0.3) is 0 Å². The maximum absolute atomic E-state index is 9.00. The second kappa shape index (κ2) is 7.76. The van der Waals surface area contributed by atoms with Crippen molar-refractivity contribution in [3.05, 3.63) is 88.6 Å². The molecule has 0 fully saturated rings. The van der Waals surface area contributed by atoms with E-state index in [9.17, 15) is 0 Å². The zero-order valence-electron chi connectivity index (χ0n) is 21.1. The third-order valence-corrected chi connectivity index (χ3v) is 10.7. The van der Waals surface area contributed by atoms with Gasteiger partial charge in [-0.2, -0.15) is 4.57 Å². The average molecular weight is 426 g/mol. The molecule has 0 saturated carbocycles. The summed E-state index contributed by atoms with van der Waals surface area (Å²) in [6.45, 7) is 15.7. The third-order valence-electron chi connectivity index (χ3n) is 7.01. The molecule has 0 atom stereocenters. The van der Waals surface area contributed by atoms with E-state index >= 15 is 0 Å². The molecule has 1 nitrogen and oxygen atoms in total. The predicted octanol–water partition coefficient (Wildman–Crippen LogP) is 5.70. The molecule has 0 aliphatic rings. The lowest BCUT2D eigenvalue weighted by molar-refractivity contribution is -0.665. The van der Waals surface area contributed by atoms with Crippen molar-refractivity contribution in [2.75, 3.05) is 0 Å². The Bertz CT molecular complexity index is 1350. The van der Waals surface area contributed by atoms with E-state index in [-0.39, 0.29) is 0 Å². The minimum atomic E-state index is -1.89. The van der Waals surface area contributed by atoms with Crippen molar-refractivity contribution in [2.24, 2.45) is 7.05 Å². The van der Waals surface area contributed by atoms with E-state index in [1.807, 2.05) is 0 Å². The highest BCUT2D eigenvalue weighted by atomic mass is 28.3. The number of hydrogen-bond acceptors (Lipinski definition) is 0. The standard InChI is InChI=1S/C29H34NSi/c1-19-14-20(2)23(5)26(15-19)29-27-16-21(3)28(18-24(27)17-22(4)30(29)6)31(7,8)25-12-10-9-11-13-25/h9-18H,1-8H3/q+1/i17D. The summed E-state index contributed by atoms with van der Waals surface area (Å²) in [7, 11) is 0.216. The largest absolute Gasteiger partial charge is 0.220 e. The van der Waals surface area contributed by atoms with E-state index < -0.39 is 8.07 Å². The van der Waals surface area contributed by atoms with Crippen LogP contribution in [0, 0.1) is 34.6 Å². The maximum Gasteiger partial charge on any atom is 0.220 e. The van der Waals surface area contributed by atoms with E-state index in [0.29, 0.717) is 6.04 Å². The molecule has 0 aliphatic heterocycles. The Labute approximate surface area is 189 Å². The van der Waals surface area contributed by atoms with Gasteiger partial charge < -0.3 is 0 Å². The third kappa shape index (κ3) is 3.63. The van der Waals surface area contributed by atoms with E-state index in [1.54, 1.807) is 0 Å². The van der Waals surface area contributed by atoms with Gasteiger partial charge in [0.05, 0.1) is 12.3 Å². The van der Waals surface area contributed by atoms with Crippen LogP contribution in [0.3, 0.4) is 0 Å². The number of nitrogens with zero attached hydrogens (tertiary/aromatic N) is 1. The highest BCUT2D eigenvalue weighted by molar-refractivity contribution is 7.00. The zero-order chi connectivity index (χ0) is 23.4. The van der Waals surface area contributed by atoms with Crippen molar-refractivity contribution in [3.8, 4) is 11.3 Å². The molecule has 3 aromatic carbocycles. The van der Waals surface area contributed by atoms with Crippen LogP contribution in [0.1, 0.15) is 29.3 Å². The summed E-state index contributed by atoms with van der Waals surface area (Å²) >= 11 is 0. The van der Waals surface area contributed by atoms with Crippen LogP contribution in [0.25, 0.3) is 22.0 Å². The van der Waals surface area contributed by atoms with Crippen molar-refractivity contribution in [3.63, 3.8) is 0 Å². The number of benzene rings is 3. The van der Waals surface area contributed by atoms with Gasteiger partial charge in [-0.1, -0.05) is 77.1 Å². The average Bonchev–Trinajstić information content (AvgIpc) is 2.75. The van der Waals surface area contributed by atoms with Gasteiger partial charge in [0.15, 0.2) is 5.69 Å². The minimum Gasteiger partial charge on any atom is -0.198 e. The van der Waals surface area contributed by atoms with Crippen LogP contribution in [-0.2, 0) is 7.05 Å². The predicted molar refractivity (Wildman–Crippen MR) is 137 cm³/mol. The van der Waals surface area contributed by atoms with E-state index in [2.05, 4.69) is 114 Å².